The minimum absolute atomic E-state index is 0.0674. The molecule has 2 atom stereocenters. The van der Waals surface area contributed by atoms with E-state index in [1.807, 2.05) is 18.2 Å². The fourth-order valence-electron chi connectivity index (χ4n) is 3.81. The van der Waals surface area contributed by atoms with Crippen molar-refractivity contribution in [2.24, 2.45) is 5.92 Å². The Morgan fingerprint density at radius 2 is 1.69 bits per heavy atom. The van der Waals surface area contributed by atoms with Crippen LogP contribution in [0.5, 0.6) is 0 Å². The largest absolute Gasteiger partial charge is 0.379 e. The minimum Gasteiger partial charge on any atom is -0.379 e. The van der Waals surface area contributed by atoms with Crippen LogP contribution in [-0.4, -0.2) is 41.0 Å². The van der Waals surface area contributed by atoms with Gasteiger partial charge in [0.05, 0.1) is 45.6 Å². The second-order valence-electron chi connectivity index (χ2n) is 6.67. The number of amides is 2. The fraction of sp³-hybridized carbons (Fsp3) is 0.250. The van der Waals surface area contributed by atoms with Crippen molar-refractivity contribution in [3.8, 4) is 0 Å². The molecule has 0 spiro atoms. The van der Waals surface area contributed by atoms with Gasteiger partial charge in [-0.1, -0.05) is 24.3 Å². The average Bonchev–Trinajstić information content (AvgIpc) is 3.33. The van der Waals surface area contributed by atoms with Crippen LogP contribution in [0.15, 0.2) is 48.5 Å². The average molecular weight is 364 g/mol. The Bertz CT molecular complexity index is 961. The number of imide groups is 1. The Balaban J connectivity index is 1.43. The van der Waals surface area contributed by atoms with E-state index < -0.39 is 0 Å². The first kappa shape index (κ1) is 15.7. The van der Waals surface area contributed by atoms with Crippen LogP contribution in [0.2, 0.25) is 0 Å². The summed E-state index contributed by atoms with van der Waals surface area (Å²) in [4.78, 5) is 31.6. The molecule has 5 nitrogen and oxygen atoms in total. The first-order valence-electron chi connectivity index (χ1n) is 8.61. The Morgan fingerprint density at radius 3 is 2.42 bits per heavy atom. The molecule has 26 heavy (non-hydrogen) atoms. The number of benzene rings is 2. The van der Waals surface area contributed by atoms with Crippen molar-refractivity contribution in [3.63, 3.8) is 0 Å². The molecule has 0 aliphatic carbocycles. The maximum Gasteiger partial charge on any atom is 0.261 e. The van der Waals surface area contributed by atoms with Crippen LogP contribution in [0.25, 0.3) is 10.2 Å². The van der Waals surface area contributed by atoms with Crippen molar-refractivity contribution in [1.29, 1.82) is 0 Å². The lowest BCUT2D eigenvalue weighted by molar-refractivity contribution is 0.0542. The van der Waals surface area contributed by atoms with Gasteiger partial charge in [-0.15, -0.1) is 11.3 Å². The lowest BCUT2D eigenvalue weighted by Crippen LogP contribution is -2.44. The molecule has 0 saturated carbocycles. The molecule has 2 aromatic carbocycles. The van der Waals surface area contributed by atoms with E-state index in [1.165, 1.54) is 4.90 Å². The number of para-hydroxylation sites is 1. The molecule has 2 amide bonds. The zero-order chi connectivity index (χ0) is 17.7. The van der Waals surface area contributed by atoms with Crippen LogP contribution in [-0.2, 0) is 11.2 Å². The molecule has 0 radical (unpaired) electrons. The summed E-state index contributed by atoms with van der Waals surface area (Å²) in [5.74, 6) is -0.358. The summed E-state index contributed by atoms with van der Waals surface area (Å²) < 4.78 is 6.81. The highest BCUT2D eigenvalue weighted by Gasteiger charge is 2.45. The number of rotatable bonds is 3. The quantitative estimate of drug-likeness (QED) is 0.670. The Morgan fingerprint density at radius 1 is 1.00 bits per heavy atom. The number of aromatic nitrogens is 1. The Labute approximate surface area is 154 Å². The predicted molar refractivity (Wildman–Crippen MR) is 98.4 cm³/mol. The number of hydrogen-bond acceptors (Lipinski definition) is 5. The number of carbonyl (C=O) groups is 2. The van der Waals surface area contributed by atoms with Gasteiger partial charge in [0.2, 0.25) is 0 Å². The topological polar surface area (TPSA) is 59.5 Å². The van der Waals surface area contributed by atoms with Crippen molar-refractivity contribution < 1.29 is 14.3 Å². The molecule has 5 rings (SSSR count). The first-order chi connectivity index (χ1) is 12.7. The molecule has 6 heteroatoms. The highest BCUT2D eigenvalue weighted by molar-refractivity contribution is 7.18. The van der Waals surface area contributed by atoms with Crippen molar-refractivity contribution in [1.82, 2.24) is 9.88 Å². The molecule has 2 aliphatic heterocycles. The number of hydrogen-bond donors (Lipinski definition) is 0. The molecular weight excluding hydrogens is 348 g/mol. The fourth-order valence-corrected chi connectivity index (χ4v) is 4.87. The smallest absolute Gasteiger partial charge is 0.261 e. The van der Waals surface area contributed by atoms with Crippen molar-refractivity contribution in [2.75, 3.05) is 13.2 Å². The normalized spacial score (nSPS) is 22.4. The summed E-state index contributed by atoms with van der Waals surface area (Å²) >= 11 is 1.66. The van der Waals surface area contributed by atoms with E-state index in [2.05, 4.69) is 11.1 Å². The molecule has 130 valence electrons. The Hall–Kier alpha value is -2.57. The minimum atomic E-state index is -0.241. The summed E-state index contributed by atoms with van der Waals surface area (Å²) in [5, 5.41) is 1.02. The third kappa shape index (κ3) is 2.37. The Kier molecular flexibility index (Phi) is 3.62. The van der Waals surface area contributed by atoms with Crippen LogP contribution in [0.3, 0.4) is 0 Å². The van der Waals surface area contributed by atoms with Crippen molar-refractivity contribution in [3.05, 3.63) is 64.7 Å². The zero-order valence-corrected chi connectivity index (χ0v) is 14.7. The number of carbonyl (C=O) groups excluding carboxylic acids is 2. The summed E-state index contributed by atoms with van der Waals surface area (Å²) in [6.07, 6.45) is 0.706. The van der Waals surface area contributed by atoms with Gasteiger partial charge < -0.3 is 4.74 Å². The van der Waals surface area contributed by atoms with Crippen LogP contribution in [0.4, 0.5) is 0 Å². The van der Waals surface area contributed by atoms with E-state index in [9.17, 15) is 9.59 Å². The summed E-state index contributed by atoms with van der Waals surface area (Å²) in [5.41, 5.74) is 1.97. The molecule has 3 aromatic rings. The number of thiazole rings is 1. The molecule has 3 heterocycles. The molecule has 2 aliphatic rings. The molecule has 0 N–H and O–H groups in total. The van der Waals surface area contributed by atoms with Crippen LogP contribution >= 0.6 is 11.3 Å². The second-order valence-corrected chi connectivity index (χ2v) is 7.79. The van der Waals surface area contributed by atoms with E-state index in [4.69, 9.17) is 4.74 Å². The van der Waals surface area contributed by atoms with Crippen molar-refractivity contribution in [2.45, 2.75) is 12.5 Å². The third-order valence-corrected chi connectivity index (χ3v) is 6.16. The summed E-state index contributed by atoms with van der Waals surface area (Å²) in [6, 6.07) is 14.8. The van der Waals surface area contributed by atoms with Gasteiger partial charge in [0.1, 0.15) is 0 Å². The molecule has 0 unspecified atom stereocenters. The van der Waals surface area contributed by atoms with E-state index in [0.29, 0.717) is 30.8 Å². The monoisotopic (exact) mass is 364 g/mol. The van der Waals surface area contributed by atoms with E-state index >= 15 is 0 Å². The number of ether oxygens (including phenoxy) is 1. The highest BCUT2D eigenvalue weighted by Crippen LogP contribution is 2.32. The lowest BCUT2D eigenvalue weighted by Gasteiger charge is -2.25. The van der Waals surface area contributed by atoms with Gasteiger partial charge in [-0.2, -0.15) is 0 Å². The summed E-state index contributed by atoms with van der Waals surface area (Å²) in [6.45, 7) is 0.926. The van der Waals surface area contributed by atoms with E-state index in [0.717, 1.165) is 15.2 Å². The predicted octanol–water partition coefficient (Wildman–Crippen LogP) is 3.15. The van der Waals surface area contributed by atoms with E-state index in [-0.39, 0.29) is 23.8 Å². The van der Waals surface area contributed by atoms with Gasteiger partial charge >= 0.3 is 0 Å². The van der Waals surface area contributed by atoms with Gasteiger partial charge in [-0.25, -0.2) is 4.98 Å². The molecule has 0 bridgehead atoms. The molecule has 1 fully saturated rings. The molecule has 1 aromatic heterocycles. The number of nitrogens with zero attached hydrogens (tertiary/aromatic N) is 2. The van der Waals surface area contributed by atoms with Gasteiger partial charge in [-0.3, -0.25) is 14.5 Å². The van der Waals surface area contributed by atoms with E-state index in [1.54, 1.807) is 35.6 Å². The van der Waals surface area contributed by atoms with Crippen LogP contribution in [0.1, 0.15) is 25.7 Å². The highest BCUT2D eigenvalue weighted by atomic mass is 32.1. The molecule has 1 saturated heterocycles. The van der Waals surface area contributed by atoms with Crippen LogP contribution < -0.4 is 0 Å². The lowest BCUT2D eigenvalue weighted by atomic mass is 9.98. The zero-order valence-electron chi connectivity index (χ0n) is 13.9. The van der Waals surface area contributed by atoms with Crippen molar-refractivity contribution >= 4 is 33.4 Å². The summed E-state index contributed by atoms with van der Waals surface area (Å²) in [7, 11) is 0. The molecular formula is C20H16N2O3S. The standard InChI is InChI=1S/C20H16N2O3S/c23-19-13-5-1-2-6-14(13)20(24)22(19)16-11-25-10-12(16)9-18-21-15-7-3-4-8-17(15)26-18/h1-8,12,16H,9-11H2/t12-,16+/m0/s1. The second kappa shape index (κ2) is 6.00. The first-order valence-corrected chi connectivity index (χ1v) is 9.43. The maximum atomic E-state index is 12.8. The number of fused-ring (bicyclic) bond motifs is 2. The van der Waals surface area contributed by atoms with Gasteiger partial charge in [0.15, 0.2) is 0 Å². The van der Waals surface area contributed by atoms with Gasteiger partial charge in [0.25, 0.3) is 11.8 Å². The van der Waals surface area contributed by atoms with Crippen LogP contribution in [0, 0.1) is 5.92 Å². The third-order valence-electron chi connectivity index (χ3n) is 5.10. The SMILES string of the molecule is O=C1c2ccccc2C(=O)N1[C@@H]1COC[C@@H]1Cc1nc2ccccc2s1. The van der Waals surface area contributed by atoms with Gasteiger partial charge in [0, 0.05) is 12.3 Å². The van der Waals surface area contributed by atoms with Gasteiger partial charge in [-0.05, 0) is 24.3 Å². The maximum absolute atomic E-state index is 12.8.